The van der Waals surface area contributed by atoms with E-state index in [2.05, 4.69) is 0 Å². The molecule has 0 bridgehead atoms. The van der Waals surface area contributed by atoms with Crippen LogP contribution in [0.15, 0.2) is 11.3 Å². The van der Waals surface area contributed by atoms with Crippen LogP contribution < -0.4 is 0 Å². The molecule has 13 heavy (non-hydrogen) atoms. The quantitative estimate of drug-likeness (QED) is 0.664. The molecule has 1 aliphatic heterocycles. The number of likely N-dealkylation sites (N-methyl/N-ethyl adjacent to an activating group) is 1. The number of nitrogens with zero attached hydrogens (tertiary/aromatic N) is 1. The van der Waals surface area contributed by atoms with E-state index in [1.807, 2.05) is 6.92 Å². The molecule has 1 N–H and O–H groups in total. The summed E-state index contributed by atoms with van der Waals surface area (Å²) in [5.74, 6) is -1.33. The molecule has 0 radical (unpaired) electrons. The van der Waals surface area contributed by atoms with E-state index in [1.165, 1.54) is 7.05 Å². The van der Waals surface area contributed by atoms with Crippen molar-refractivity contribution in [1.29, 1.82) is 0 Å². The Morgan fingerprint density at radius 2 is 1.92 bits per heavy atom. The van der Waals surface area contributed by atoms with Crippen LogP contribution in [0.1, 0.15) is 26.2 Å². The van der Waals surface area contributed by atoms with Crippen molar-refractivity contribution < 1.29 is 14.7 Å². The number of amides is 2. The highest BCUT2D eigenvalue weighted by atomic mass is 16.3. The SMILES string of the molecule is CCCCC1=C(O)C(=O)N(C)C1=O. The molecule has 1 rings (SSSR count). The van der Waals surface area contributed by atoms with E-state index in [0.717, 1.165) is 17.7 Å². The molecule has 0 aliphatic carbocycles. The second kappa shape index (κ2) is 3.60. The Labute approximate surface area is 76.8 Å². The number of aliphatic hydroxyl groups excluding tert-OH is 1. The summed E-state index contributed by atoms with van der Waals surface area (Å²) in [6.45, 7) is 1.99. The number of hydrogen-bond acceptors (Lipinski definition) is 3. The van der Waals surface area contributed by atoms with Gasteiger partial charge in [0.25, 0.3) is 11.8 Å². The Morgan fingerprint density at radius 3 is 2.31 bits per heavy atom. The fourth-order valence-electron chi connectivity index (χ4n) is 1.26. The van der Waals surface area contributed by atoms with Crippen molar-refractivity contribution in [3.8, 4) is 0 Å². The molecular formula is C9H13NO3. The highest BCUT2D eigenvalue weighted by Crippen LogP contribution is 2.21. The van der Waals surface area contributed by atoms with Gasteiger partial charge in [-0.3, -0.25) is 14.5 Å². The Bertz CT molecular complexity index is 281. The van der Waals surface area contributed by atoms with Gasteiger partial charge in [-0.05, 0) is 12.8 Å². The first-order valence-corrected chi connectivity index (χ1v) is 4.34. The third kappa shape index (κ3) is 1.56. The van der Waals surface area contributed by atoms with Crippen LogP contribution in [0.4, 0.5) is 0 Å². The predicted molar refractivity (Wildman–Crippen MR) is 47.0 cm³/mol. The van der Waals surface area contributed by atoms with E-state index in [9.17, 15) is 14.7 Å². The topological polar surface area (TPSA) is 57.6 Å². The van der Waals surface area contributed by atoms with Crippen LogP contribution in [0.5, 0.6) is 0 Å². The van der Waals surface area contributed by atoms with Gasteiger partial charge in [-0.25, -0.2) is 0 Å². The summed E-state index contributed by atoms with van der Waals surface area (Å²) in [7, 11) is 1.37. The van der Waals surface area contributed by atoms with Crippen LogP contribution in [0.2, 0.25) is 0 Å². The second-order valence-electron chi connectivity index (χ2n) is 3.10. The van der Waals surface area contributed by atoms with Gasteiger partial charge in [0.15, 0.2) is 5.76 Å². The summed E-state index contributed by atoms with van der Waals surface area (Å²) in [6.07, 6.45) is 2.23. The molecule has 0 fully saturated rings. The molecule has 1 heterocycles. The zero-order valence-electron chi connectivity index (χ0n) is 7.83. The normalized spacial score (nSPS) is 17.5. The third-order valence-electron chi connectivity index (χ3n) is 2.14. The van der Waals surface area contributed by atoms with E-state index in [1.54, 1.807) is 0 Å². The summed E-state index contributed by atoms with van der Waals surface area (Å²) in [5, 5.41) is 9.29. The van der Waals surface area contributed by atoms with E-state index < -0.39 is 5.91 Å². The van der Waals surface area contributed by atoms with Crippen LogP contribution in [-0.4, -0.2) is 28.9 Å². The molecule has 0 unspecified atom stereocenters. The summed E-state index contributed by atoms with van der Waals surface area (Å²) in [4.78, 5) is 23.4. The van der Waals surface area contributed by atoms with E-state index in [-0.39, 0.29) is 17.2 Å². The largest absolute Gasteiger partial charge is 0.503 e. The fraction of sp³-hybridized carbons (Fsp3) is 0.556. The Kier molecular flexibility index (Phi) is 2.70. The first kappa shape index (κ1) is 9.77. The monoisotopic (exact) mass is 183 g/mol. The van der Waals surface area contributed by atoms with Crippen LogP contribution in [0.25, 0.3) is 0 Å². The number of carbonyl (C=O) groups is 2. The summed E-state index contributed by atoms with van der Waals surface area (Å²) < 4.78 is 0. The number of aliphatic hydroxyl groups is 1. The standard InChI is InChI=1S/C9H13NO3/c1-3-4-5-6-7(11)9(13)10(2)8(6)12/h11H,3-5H2,1-2H3. The maximum atomic E-state index is 11.3. The van der Waals surface area contributed by atoms with Crippen molar-refractivity contribution in [1.82, 2.24) is 4.90 Å². The molecule has 0 aromatic heterocycles. The lowest BCUT2D eigenvalue weighted by Gasteiger charge is -2.04. The van der Waals surface area contributed by atoms with Crippen molar-refractivity contribution >= 4 is 11.8 Å². The first-order chi connectivity index (χ1) is 6.09. The average molecular weight is 183 g/mol. The molecular weight excluding hydrogens is 170 g/mol. The fourth-order valence-corrected chi connectivity index (χ4v) is 1.26. The third-order valence-corrected chi connectivity index (χ3v) is 2.14. The Balaban J connectivity index is 2.81. The molecule has 0 spiro atoms. The molecule has 4 nitrogen and oxygen atoms in total. The molecule has 1 aliphatic rings. The average Bonchev–Trinajstić information content (AvgIpc) is 2.30. The van der Waals surface area contributed by atoms with Gasteiger partial charge in [-0.15, -0.1) is 0 Å². The van der Waals surface area contributed by atoms with Crippen LogP contribution in [-0.2, 0) is 9.59 Å². The number of hydrogen-bond donors (Lipinski definition) is 1. The molecule has 0 aromatic carbocycles. The minimum atomic E-state index is -0.587. The van der Waals surface area contributed by atoms with Crippen molar-refractivity contribution in [3.05, 3.63) is 11.3 Å². The van der Waals surface area contributed by atoms with Crippen molar-refractivity contribution in [2.45, 2.75) is 26.2 Å². The summed E-state index contributed by atoms with van der Waals surface area (Å²) >= 11 is 0. The molecule has 2 amide bonds. The Morgan fingerprint density at radius 1 is 1.31 bits per heavy atom. The minimum Gasteiger partial charge on any atom is -0.503 e. The van der Waals surface area contributed by atoms with Gasteiger partial charge in [-0.1, -0.05) is 13.3 Å². The van der Waals surface area contributed by atoms with Gasteiger partial charge in [0.1, 0.15) is 0 Å². The number of imide groups is 1. The van der Waals surface area contributed by atoms with Crippen molar-refractivity contribution in [2.24, 2.45) is 0 Å². The van der Waals surface area contributed by atoms with E-state index in [4.69, 9.17) is 0 Å². The van der Waals surface area contributed by atoms with Gasteiger partial charge in [-0.2, -0.15) is 0 Å². The van der Waals surface area contributed by atoms with Crippen molar-refractivity contribution in [3.63, 3.8) is 0 Å². The summed E-state index contributed by atoms with van der Waals surface area (Å²) in [6, 6.07) is 0. The maximum absolute atomic E-state index is 11.3. The number of rotatable bonds is 3. The highest BCUT2D eigenvalue weighted by molar-refractivity contribution is 6.17. The van der Waals surface area contributed by atoms with Gasteiger partial charge in [0, 0.05) is 7.05 Å². The van der Waals surface area contributed by atoms with E-state index >= 15 is 0 Å². The maximum Gasteiger partial charge on any atom is 0.295 e. The smallest absolute Gasteiger partial charge is 0.295 e. The number of unbranched alkanes of at least 4 members (excludes halogenated alkanes) is 1. The van der Waals surface area contributed by atoms with Crippen molar-refractivity contribution in [2.75, 3.05) is 7.05 Å². The van der Waals surface area contributed by atoms with Gasteiger partial charge in [0.2, 0.25) is 0 Å². The zero-order valence-corrected chi connectivity index (χ0v) is 7.83. The molecule has 0 saturated heterocycles. The lowest BCUT2D eigenvalue weighted by Crippen LogP contribution is -2.26. The lowest BCUT2D eigenvalue weighted by atomic mass is 10.1. The zero-order chi connectivity index (χ0) is 10.0. The first-order valence-electron chi connectivity index (χ1n) is 4.34. The van der Waals surface area contributed by atoms with Crippen LogP contribution in [0, 0.1) is 0 Å². The van der Waals surface area contributed by atoms with Crippen LogP contribution >= 0.6 is 0 Å². The lowest BCUT2D eigenvalue weighted by molar-refractivity contribution is -0.137. The van der Waals surface area contributed by atoms with Gasteiger partial charge < -0.3 is 5.11 Å². The van der Waals surface area contributed by atoms with Gasteiger partial charge >= 0.3 is 0 Å². The van der Waals surface area contributed by atoms with Gasteiger partial charge in [0.05, 0.1) is 5.57 Å². The molecule has 0 aromatic rings. The summed E-state index contributed by atoms with van der Waals surface area (Å²) in [5.41, 5.74) is 0.259. The molecule has 4 heteroatoms. The molecule has 0 atom stereocenters. The Hall–Kier alpha value is -1.32. The molecule has 72 valence electrons. The predicted octanol–water partition coefficient (Wildman–Crippen LogP) is 0.987. The van der Waals surface area contributed by atoms with Crippen LogP contribution in [0.3, 0.4) is 0 Å². The second-order valence-corrected chi connectivity index (χ2v) is 3.10. The minimum absolute atomic E-state index is 0.259. The highest BCUT2D eigenvalue weighted by Gasteiger charge is 2.34. The number of carbonyl (C=O) groups excluding carboxylic acids is 2. The molecule has 0 saturated carbocycles. The van der Waals surface area contributed by atoms with E-state index in [0.29, 0.717) is 6.42 Å².